The lowest BCUT2D eigenvalue weighted by Crippen LogP contribution is -2.40. The Kier molecular flexibility index (Phi) is 7.42. The number of aliphatic hydroxyl groups is 1. The summed E-state index contributed by atoms with van der Waals surface area (Å²) in [4.78, 5) is 6.68. The van der Waals surface area contributed by atoms with Crippen LogP contribution in [0.3, 0.4) is 0 Å². The zero-order valence-electron chi connectivity index (χ0n) is 17.6. The van der Waals surface area contributed by atoms with Gasteiger partial charge in [-0.25, -0.2) is 0 Å². The number of aliphatic imine (C=N–C) groups is 1. The van der Waals surface area contributed by atoms with Gasteiger partial charge in [0.2, 0.25) is 0 Å². The minimum absolute atomic E-state index is 0.0629. The minimum atomic E-state index is -4.39. The number of guanidine groups is 1. The maximum Gasteiger partial charge on any atom is 0.416 e. The van der Waals surface area contributed by atoms with E-state index >= 15 is 0 Å². The molecule has 1 aromatic heterocycles. The van der Waals surface area contributed by atoms with Crippen LogP contribution >= 0.6 is 0 Å². The van der Waals surface area contributed by atoms with E-state index in [9.17, 15) is 18.3 Å². The zero-order chi connectivity index (χ0) is 22.4. The second-order valence-corrected chi connectivity index (χ2v) is 7.56. The third-order valence-corrected chi connectivity index (χ3v) is 5.09. The number of halogens is 3. The lowest BCUT2D eigenvalue weighted by Gasteiger charge is -2.22. The number of rotatable bonds is 7. The van der Waals surface area contributed by atoms with E-state index in [1.54, 1.807) is 4.68 Å². The average Bonchev–Trinajstić information content (AvgIpc) is 3.38. The Morgan fingerprint density at radius 3 is 2.71 bits per heavy atom. The first kappa shape index (κ1) is 22.9. The third-order valence-electron chi connectivity index (χ3n) is 5.09. The summed E-state index contributed by atoms with van der Waals surface area (Å²) in [7, 11) is 1.90. The van der Waals surface area contributed by atoms with Crippen LogP contribution in [0.5, 0.6) is 5.75 Å². The molecule has 1 fully saturated rings. The molecule has 2 atom stereocenters. The Hall–Kier alpha value is -2.75. The molecule has 0 spiro atoms. The van der Waals surface area contributed by atoms with Gasteiger partial charge in [-0.15, -0.1) is 0 Å². The smallest absolute Gasteiger partial charge is 0.416 e. The molecule has 3 rings (SSSR count). The van der Waals surface area contributed by atoms with E-state index in [-0.39, 0.29) is 18.9 Å². The number of benzene rings is 1. The molecule has 2 N–H and O–H groups in total. The Bertz CT molecular complexity index is 867. The van der Waals surface area contributed by atoms with Gasteiger partial charge in [-0.3, -0.25) is 9.67 Å². The number of nitrogens with zero attached hydrogens (tertiary/aromatic N) is 4. The first-order valence-electron chi connectivity index (χ1n) is 10.3. The number of nitrogens with one attached hydrogen (secondary N) is 1. The molecule has 1 aliphatic heterocycles. The third kappa shape index (κ3) is 6.36. The number of hydrogen-bond acceptors (Lipinski definition) is 4. The molecule has 0 amide bonds. The lowest BCUT2D eigenvalue weighted by molar-refractivity contribution is -0.137. The van der Waals surface area contributed by atoms with Gasteiger partial charge in [0.15, 0.2) is 5.96 Å². The van der Waals surface area contributed by atoms with Gasteiger partial charge >= 0.3 is 6.18 Å². The van der Waals surface area contributed by atoms with Gasteiger partial charge in [0.1, 0.15) is 18.5 Å². The van der Waals surface area contributed by atoms with Gasteiger partial charge in [0.05, 0.1) is 18.3 Å². The van der Waals surface area contributed by atoms with Crippen LogP contribution in [-0.2, 0) is 13.2 Å². The molecule has 7 nitrogen and oxygen atoms in total. The molecule has 31 heavy (non-hydrogen) atoms. The van der Waals surface area contributed by atoms with E-state index in [1.807, 2.05) is 26.4 Å². The molecular formula is C21H28F3N5O2. The summed E-state index contributed by atoms with van der Waals surface area (Å²) in [6.07, 6.45) is -0.356. The van der Waals surface area contributed by atoms with E-state index < -0.39 is 17.8 Å². The molecule has 0 radical (unpaired) electrons. The summed E-state index contributed by atoms with van der Waals surface area (Å²) in [5.74, 6) is 1.37. The molecule has 1 saturated heterocycles. The standard InChI is InChI=1S/C21H28F3N5O2/c1-3-25-20(29-9-8-15(13-29)16-10-27-28(2)12-16)26-11-18(30)14-31-19-6-4-17(5-7-19)21(22,23)24/h4-7,10,12,15,18,30H,3,8-9,11,13-14H2,1-2H3,(H,25,26). The van der Waals surface area contributed by atoms with Crippen LogP contribution in [0.15, 0.2) is 41.7 Å². The first-order chi connectivity index (χ1) is 14.8. The van der Waals surface area contributed by atoms with Gasteiger partial charge in [-0.05, 0) is 43.2 Å². The summed E-state index contributed by atoms with van der Waals surface area (Å²) in [5.41, 5.74) is 0.460. The van der Waals surface area contributed by atoms with Gasteiger partial charge in [0, 0.05) is 38.8 Å². The van der Waals surface area contributed by atoms with Crippen molar-refractivity contribution < 1.29 is 23.0 Å². The van der Waals surface area contributed by atoms with E-state index in [4.69, 9.17) is 4.74 Å². The summed E-state index contributed by atoms with van der Waals surface area (Å²) >= 11 is 0. The Morgan fingerprint density at radius 1 is 1.35 bits per heavy atom. The highest BCUT2D eigenvalue weighted by atomic mass is 19.4. The molecule has 1 aromatic carbocycles. The molecule has 0 aliphatic carbocycles. The molecule has 0 bridgehead atoms. The van der Waals surface area contributed by atoms with E-state index in [2.05, 4.69) is 20.3 Å². The SMILES string of the molecule is CCNC(=NCC(O)COc1ccc(C(F)(F)F)cc1)N1CCC(c2cnn(C)c2)C1. The van der Waals surface area contributed by atoms with Crippen LogP contribution < -0.4 is 10.1 Å². The molecule has 10 heteroatoms. The summed E-state index contributed by atoms with van der Waals surface area (Å²) in [6.45, 7) is 4.40. The Labute approximate surface area is 179 Å². The second kappa shape index (κ2) is 10.0. The topological polar surface area (TPSA) is 74.9 Å². The van der Waals surface area contributed by atoms with Crippen molar-refractivity contribution in [3.05, 3.63) is 47.8 Å². The monoisotopic (exact) mass is 439 g/mol. The summed E-state index contributed by atoms with van der Waals surface area (Å²) < 4.78 is 45.0. The minimum Gasteiger partial charge on any atom is -0.491 e. The van der Waals surface area contributed by atoms with E-state index in [0.29, 0.717) is 12.5 Å². The zero-order valence-corrected chi connectivity index (χ0v) is 17.6. The molecule has 1 aliphatic rings. The van der Waals surface area contributed by atoms with Gasteiger partial charge < -0.3 is 20.1 Å². The molecule has 2 unspecified atom stereocenters. The number of alkyl halides is 3. The maximum atomic E-state index is 12.6. The molecule has 170 valence electrons. The van der Waals surface area contributed by atoms with Gasteiger partial charge in [-0.1, -0.05) is 0 Å². The van der Waals surface area contributed by atoms with Crippen LogP contribution in [0.4, 0.5) is 13.2 Å². The van der Waals surface area contributed by atoms with E-state index in [0.717, 1.165) is 37.6 Å². The molecule has 2 heterocycles. The van der Waals surface area contributed by atoms with Crippen molar-refractivity contribution in [3.63, 3.8) is 0 Å². The van der Waals surface area contributed by atoms with Crippen molar-refractivity contribution in [2.75, 3.05) is 32.8 Å². The average molecular weight is 439 g/mol. The van der Waals surface area contributed by atoms with Crippen LogP contribution in [-0.4, -0.2) is 64.6 Å². The normalized spacial score (nSPS) is 18.3. The predicted octanol–water partition coefficient (Wildman–Crippen LogP) is 2.63. The maximum absolute atomic E-state index is 12.6. The number of hydrogen-bond donors (Lipinski definition) is 2. The number of ether oxygens (including phenoxy) is 1. The van der Waals surface area contributed by atoms with Crippen molar-refractivity contribution >= 4 is 5.96 Å². The van der Waals surface area contributed by atoms with Crippen LogP contribution in [0, 0.1) is 0 Å². The highest BCUT2D eigenvalue weighted by molar-refractivity contribution is 5.80. The first-order valence-corrected chi connectivity index (χ1v) is 10.3. The van der Waals surface area contributed by atoms with Crippen LogP contribution in [0.1, 0.15) is 30.4 Å². The van der Waals surface area contributed by atoms with Crippen molar-refractivity contribution in [2.24, 2.45) is 12.0 Å². The Morgan fingerprint density at radius 2 is 2.10 bits per heavy atom. The van der Waals surface area contributed by atoms with Crippen molar-refractivity contribution in [1.82, 2.24) is 20.0 Å². The number of aromatic nitrogens is 2. The number of aliphatic hydroxyl groups excluding tert-OH is 1. The number of likely N-dealkylation sites (tertiary alicyclic amines) is 1. The fourth-order valence-electron chi connectivity index (χ4n) is 3.48. The second-order valence-electron chi connectivity index (χ2n) is 7.56. The lowest BCUT2D eigenvalue weighted by atomic mass is 10.0. The quantitative estimate of drug-likeness (QED) is 0.513. The predicted molar refractivity (Wildman–Crippen MR) is 111 cm³/mol. The summed E-state index contributed by atoms with van der Waals surface area (Å²) in [5, 5.41) is 17.7. The highest BCUT2D eigenvalue weighted by Crippen LogP contribution is 2.30. The van der Waals surface area contributed by atoms with Crippen LogP contribution in [0.25, 0.3) is 0 Å². The van der Waals surface area contributed by atoms with Crippen LogP contribution in [0.2, 0.25) is 0 Å². The largest absolute Gasteiger partial charge is 0.491 e. The van der Waals surface area contributed by atoms with Crippen molar-refractivity contribution in [3.8, 4) is 5.75 Å². The summed E-state index contributed by atoms with van der Waals surface area (Å²) in [6, 6.07) is 4.39. The van der Waals surface area contributed by atoms with Gasteiger partial charge in [0.25, 0.3) is 0 Å². The fraction of sp³-hybridized carbons (Fsp3) is 0.524. The fourth-order valence-corrected chi connectivity index (χ4v) is 3.48. The number of aryl methyl sites for hydroxylation is 1. The van der Waals surface area contributed by atoms with Gasteiger partial charge in [-0.2, -0.15) is 18.3 Å². The molecular weight excluding hydrogens is 411 g/mol. The Balaban J connectivity index is 1.51. The van der Waals surface area contributed by atoms with Crippen molar-refractivity contribution in [2.45, 2.75) is 31.5 Å². The highest BCUT2D eigenvalue weighted by Gasteiger charge is 2.30. The molecule has 2 aromatic rings. The van der Waals surface area contributed by atoms with Crippen molar-refractivity contribution in [1.29, 1.82) is 0 Å². The van der Waals surface area contributed by atoms with E-state index in [1.165, 1.54) is 17.7 Å². The molecule has 0 saturated carbocycles.